The first-order valence-corrected chi connectivity index (χ1v) is 9.73. The molecule has 2 amide bonds. The largest absolute Gasteiger partial charge is 0.493 e. The Labute approximate surface area is 170 Å². The summed E-state index contributed by atoms with van der Waals surface area (Å²) in [5.74, 6) is 0.523. The molecular formula is C23H24N2O4. The number of amides is 2. The minimum atomic E-state index is -0.307. The van der Waals surface area contributed by atoms with E-state index >= 15 is 0 Å². The van der Waals surface area contributed by atoms with Crippen LogP contribution in [0.25, 0.3) is 5.57 Å². The predicted molar refractivity (Wildman–Crippen MR) is 111 cm³/mol. The highest BCUT2D eigenvalue weighted by Crippen LogP contribution is 2.39. The van der Waals surface area contributed by atoms with Crippen LogP contribution >= 0.6 is 0 Å². The van der Waals surface area contributed by atoms with E-state index in [1.54, 1.807) is 32.4 Å². The summed E-state index contributed by atoms with van der Waals surface area (Å²) in [5, 5.41) is 0. The Morgan fingerprint density at radius 3 is 2.21 bits per heavy atom. The van der Waals surface area contributed by atoms with Gasteiger partial charge in [0.25, 0.3) is 11.8 Å². The molecule has 0 aromatic heterocycles. The maximum absolute atomic E-state index is 13.5. The van der Waals surface area contributed by atoms with Crippen molar-refractivity contribution in [3.05, 3.63) is 59.3 Å². The van der Waals surface area contributed by atoms with Crippen molar-refractivity contribution in [2.24, 2.45) is 0 Å². The monoisotopic (exact) mass is 392 g/mol. The van der Waals surface area contributed by atoms with Crippen molar-refractivity contribution < 1.29 is 19.1 Å². The second-order valence-corrected chi connectivity index (χ2v) is 7.22. The molecule has 6 heteroatoms. The van der Waals surface area contributed by atoms with Crippen molar-refractivity contribution >= 4 is 23.1 Å². The van der Waals surface area contributed by atoms with Crippen LogP contribution in [0.1, 0.15) is 24.0 Å². The Balaban J connectivity index is 1.87. The maximum atomic E-state index is 13.5. The number of carbonyl (C=O) groups excluding carboxylic acids is 2. The van der Waals surface area contributed by atoms with Gasteiger partial charge in [-0.3, -0.25) is 9.59 Å². The summed E-state index contributed by atoms with van der Waals surface area (Å²) in [6.45, 7) is 3.44. The van der Waals surface area contributed by atoms with E-state index in [0.29, 0.717) is 34.0 Å². The van der Waals surface area contributed by atoms with Crippen molar-refractivity contribution in [2.45, 2.75) is 19.8 Å². The Bertz CT molecular complexity index is 1010. The predicted octanol–water partition coefficient (Wildman–Crippen LogP) is 3.39. The first kappa shape index (κ1) is 19.1. The van der Waals surface area contributed by atoms with Gasteiger partial charge in [0, 0.05) is 13.1 Å². The zero-order chi connectivity index (χ0) is 20.5. The zero-order valence-electron chi connectivity index (χ0n) is 16.9. The van der Waals surface area contributed by atoms with Crippen LogP contribution in [0, 0.1) is 6.92 Å². The van der Waals surface area contributed by atoms with Crippen molar-refractivity contribution in [3.8, 4) is 11.5 Å². The molecule has 4 rings (SSSR count). The van der Waals surface area contributed by atoms with Crippen molar-refractivity contribution in [3.63, 3.8) is 0 Å². The van der Waals surface area contributed by atoms with Crippen LogP contribution in [0.5, 0.6) is 11.5 Å². The summed E-state index contributed by atoms with van der Waals surface area (Å²) in [5.41, 5.74) is 3.04. The molecule has 0 aliphatic carbocycles. The Kier molecular flexibility index (Phi) is 5.01. The molecule has 2 aliphatic heterocycles. The molecule has 1 saturated heterocycles. The van der Waals surface area contributed by atoms with Crippen LogP contribution in [0.15, 0.2) is 48.2 Å². The third kappa shape index (κ3) is 3.14. The lowest BCUT2D eigenvalue weighted by atomic mass is 10.0. The van der Waals surface area contributed by atoms with Crippen molar-refractivity contribution in [1.82, 2.24) is 4.90 Å². The number of benzene rings is 2. The highest BCUT2D eigenvalue weighted by Gasteiger charge is 2.43. The number of anilines is 1. The number of methoxy groups -OCH3 is 2. The number of imide groups is 1. The minimum Gasteiger partial charge on any atom is -0.493 e. The molecule has 150 valence electrons. The lowest BCUT2D eigenvalue weighted by Gasteiger charge is -2.21. The molecule has 1 fully saturated rings. The lowest BCUT2D eigenvalue weighted by Crippen LogP contribution is -2.34. The Morgan fingerprint density at radius 2 is 1.55 bits per heavy atom. The highest BCUT2D eigenvalue weighted by molar-refractivity contribution is 6.45. The smallest absolute Gasteiger partial charge is 0.282 e. The molecule has 0 N–H and O–H groups in total. The second kappa shape index (κ2) is 7.62. The fraction of sp³-hybridized carbons (Fsp3) is 0.304. The van der Waals surface area contributed by atoms with Crippen LogP contribution in [-0.4, -0.2) is 44.0 Å². The maximum Gasteiger partial charge on any atom is 0.282 e. The van der Waals surface area contributed by atoms with Gasteiger partial charge >= 0.3 is 0 Å². The summed E-state index contributed by atoms with van der Waals surface area (Å²) in [6, 6.07) is 12.8. The van der Waals surface area contributed by atoms with Gasteiger partial charge in [-0.15, -0.1) is 0 Å². The SMILES string of the molecule is COc1ccc(C2=C(N3CCCC3)C(=O)N(c3ccccc3C)C2=O)cc1OC. The van der Waals surface area contributed by atoms with Crippen LogP contribution < -0.4 is 14.4 Å². The zero-order valence-corrected chi connectivity index (χ0v) is 16.9. The fourth-order valence-electron chi connectivity index (χ4n) is 4.04. The number of carbonyl (C=O) groups is 2. The molecule has 0 radical (unpaired) electrons. The third-order valence-corrected chi connectivity index (χ3v) is 5.51. The quantitative estimate of drug-likeness (QED) is 0.730. The molecule has 29 heavy (non-hydrogen) atoms. The van der Waals surface area contributed by atoms with Crippen LogP contribution in [0.2, 0.25) is 0 Å². The summed E-state index contributed by atoms with van der Waals surface area (Å²) in [4.78, 5) is 30.3. The summed E-state index contributed by atoms with van der Waals surface area (Å²) in [7, 11) is 3.12. The summed E-state index contributed by atoms with van der Waals surface area (Å²) < 4.78 is 10.7. The van der Waals surface area contributed by atoms with Gasteiger partial charge in [0.15, 0.2) is 11.5 Å². The summed E-state index contributed by atoms with van der Waals surface area (Å²) >= 11 is 0. The average molecular weight is 392 g/mol. The molecule has 2 aromatic carbocycles. The molecule has 0 atom stereocenters. The van der Waals surface area contributed by atoms with Crippen LogP contribution in [0.3, 0.4) is 0 Å². The highest BCUT2D eigenvalue weighted by atomic mass is 16.5. The molecule has 0 saturated carbocycles. The molecule has 2 heterocycles. The molecule has 6 nitrogen and oxygen atoms in total. The standard InChI is InChI=1S/C23H24N2O4/c1-15-8-4-5-9-17(15)25-22(26)20(21(23(25)27)24-12-6-7-13-24)16-10-11-18(28-2)19(14-16)29-3/h4-5,8-11,14H,6-7,12-13H2,1-3H3. The molecule has 2 aromatic rings. The van der Waals surface area contributed by atoms with Gasteiger partial charge in [-0.2, -0.15) is 0 Å². The van der Waals surface area contributed by atoms with E-state index in [1.165, 1.54) is 4.90 Å². The number of ether oxygens (including phenoxy) is 2. The molecule has 0 bridgehead atoms. The number of nitrogens with zero attached hydrogens (tertiary/aromatic N) is 2. The minimum absolute atomic E-state index is 0.268. The van der Waals surface area contributed by atoms with Crippen LogP contribution in [0.4, 0.5) is 5.69 Å². The van der Waals surface area contributed by atoms with Crippen LogP contribution in [-0.2, 0) is 9.59 Å². The second-order valence-electron chi connectivity index (χ2n) is 7.22. The third-order valence-electron chi connectivity index (χ3n) is 5.51. The van der Waals surface area contributed by atoms with E-state index in [0.717, 1.165) is 31.5 Å². The van der Waals surface area contributed by atoms with E-state index in [4.69, 9.17) is 9.47 Å². The van der Waals surface area contributed by atoms with E-state index < -0.39 is 0 Å². The normalized spacial score (nSPS) is 16.8. The topological polar surface area (TPSA) is 59.1 Å². The van der Waals surface area contributed by atoms with Gasteiger partial charge in [-0.25, -0.2) is 4.90 Å². The number of para-hydroxylation sites is 1. The molecule has 2 aliphatic rings. The van der Waals surface area contributed by atoms with Gasteiger partial charge in [0.1, 0.15) is 5.70 Å². The number of aryl methyl sites for hydroxylation is 1. The molecular weight excluding hydrogens is 368 g/mol. The van der Waals surface area contributed by atoms with E-state index in [9.17, 15) is 9.59 Å². The van der Waals surface area contributed by atoms with Gasteiger partial charge in [0.05, 0.1) is 25.5 Å². The van der Waals surface area contributed by atoms with E-state index in [-0.39, 0.29) is 11.8 Å². The van der Waals surface area contributed by atoms with Gasteiger partial charge in [-0.05, 0) is 49.1 Å². The van der Waals surface area contributed by atoms with Crippen molar-refractivity contribution in [1.29, 1.82) is 0 Å². The Morgan fingerprint density at radius 1 is 0.862 bits per heavy atom. The number of likely N-dealkylation sites (tertiary alicyclic amines) is 1. The van der Waals surface area contributed by atoms with E-state index in [2.05, 4.69) is 0 Å². The fourth-order valence-corrected chi connectivity index (χ4v) is 4.04. The Hall–Kier alpha value is -3.28. The number of rotatable bonds is 5. The van der Waals surface area contributed by atoms with Gasteiger partial charge < -0.3 is 14.4 Å². The molecule has 0 unspecified atom stereocenters. The summed E-state index contributed by atoms with van der Waals surface area (Å²) in [6.07, 6.45) is 2.02. The number of hydrogen-bond donors (Lipinski definition) is 0. The average Bonchev–Trinajstić information content (AvgIpc) is 3.34. The van der Waals surface area contributed by atoms with E-state index in [1.807, 2.05) is 36.1 Å². The first-order chi connectivity index (χ1) is 14.1. The van der Waals surface area contributed by atoms with Gasteiger partial charge in [-0.1, -0.05) is 24.3 Å². The van der Waals surface area contributed by atoms with Crippen molar-refractivity contribution in [2.75, 3.05) is 32.2 Å². The first-order valence-electron chi connectivity index (χ1n) is 9.73. The lowest BCUT2D eigenvalue weighted by molar-refractivity contribution is -0.120. The molecule has 0 spiro atoms. The number of hydrogen-bond acceptors (Lipinski definition) is 5. The van der Waals surface area contributed by atoms with Gasteiger partial charge in [0.2, 0.25) is 0 Å².